The molecule has 1 aliphatic carbocycles. The van der Waals surface area contributed by atoms with E-state index in [1.807, 2.05) is 30.3 Å². The summed E-state index contributed by atoms with van der Waals surface area (Å²) in [6.45, 7) is 0. The molecule has 2 nitrogen and oxygen atoms in total. The van der Waals surface area contributed by atoms with Crippen molar-refractivity contribution in [2.45, 2.75) is 12.2 Å². The Morgan fingerprint density at radius 3 is 2.45 bits per heavy atom. The van der Waals surface area contributed by atoms with E-state index in [9.17, 15) is 10.2 Å². The molecular weight excluding hydrogens is 248 g/mol. The Morgan fingerprint density at radius 2 is 1.55 bits per heavy atom. The van der Waals surface area contributed by atoms with E-state index in [-0.39, 0.29) is 0 Å². The summed E-state index contributed by atoms with van der Waals surface area (Å²) in [7, 11) is 0. The summed E-state index contributed by atoms with van der Waals surface area (Å²) in [5, 5.41) is 24.5. The Labute approximate surface area is 116 Å². The number of rotatable bonds is 0. The summed E-state index contributed by atoms with van der Waals surface area (Å²) in [4.78, 5) is 0. The smallest absolute Gasteiger partial charge is 0.109 e. The van der Waals surface area contributed by atoms with Gasteiger partial charge in [-0.15, -0.1) is 0 Å². The summed E-state index contributed by atoms with van der Waals surface area (Å²) in [6.07, 6.45) is 1.90. The molecule has 3 aromatic carbocycles. The molecule has 2 heteroatoms. The van der Waals surface area contributed by atoms with E-state index in [1.54, 1.807) is 6.08 Å². The van der Waals surface area contributed by atoms with E-state index in [2.05, 4.69) is 24.3 Å². The van der Waals surface area contributed by atoms with E-state index >= 15 is 0 Å². The van der Waals surface area contributed by atoms with Gasteiger partial charge in [-0.25, -0.2) is 0 Å². The van der Waals surface area contributed by atoms with Gasteiger partial charge in [-0.1, -0.05) is 60.7 Å². The fourth-order valence-electron chi connectivity index (χ4n) is 3.06. The molecule has 20 heavy (non-hydrogen) atoms. The number of fused-ring (bicyclic) bond motifs is 5. The van der Waals surface area contributed by atoms with Gasteiger partial charge in [0.05, 0.1) is 0 Å². The van der Waals surface area contributed by atoms with Crippen LogP contribution < -0.4 is 0 Å². The zero-order chi connectivity index (χ0) is 13.7. The second kappa shape index (κ2) is 4.17. The second-order valence-corrected chi connectivity index (χ2v) is 5.24. The topological polar surface area (TPSA) is 40.5 Å². The number of aliphatic hydroxyl groups is 2. The molecular formula is C18H14O2. The van der Waals surface area contributed by atoms with Crippen LogP contribution in [0.5, 0.6) is 0 Å². The fraction of sp³-hybridized carbons (Fsp3) is 0.111. The number of benzene rings is 3. The minimum Gasteiger partial charge on any atom is -0.386 e. The van der Waals surface area contributed by atoms with Crippen molar-refractivity contribution in [2.24, 2.45) is 0 Å². The highest BCUT2D eigenvalue weighted by Gasteiger charge is 2.23. The minimum absolute atomic E-state index is 0.794. The summed E-state index contributed by atoms with van der Waals surface area (Å²) < 4.78 is 0. The quantitative estimate of drug-likeness (QED) is 0.609. The first-order valence-corrected chi connectivity index (χ1v) is 6.74. The highest BCUT2D eigenvalue weighted by molar-refractivity contribution is 6.10. The maximum absolute atomic E-state index is 10.1. The van der Waals surface area contributed by atoms with Crippen molar-refractivity contribution in [3.63, 3.8) is 0 Å². The third-order valence-electron chi connectivity index (χ3n) is 4.10. The monoisotopic (exact) mass is 262 g/mol. The molecule has 2 unspecified atom stereocenters. The lowest BCUT2D eigenvalue weighted by Gasteiger charge is -2.23. The van der Waals surface area contributed by atoms with Gasteiger partial charge in [0.2, 0.25) is 0 Å². The van der Waals surface area contributed by atoms with Crippen LogP contribution in [0.25, 0.3) is 27.6 Å². The standard InChI is InChI=1S/C18H14O2/c19-17-10-9-15-14-6-5-11-3-1-2-4-12(11)13(14)7-8-16(15)18(17)20/h1-10,17-20H. The molecule has 3 aromatic rings. The SMILES string of the molecule is OC1C=Cc2c(ccc3c2ccc2ccccc23)C1O. The van der Waals surface area contributed by atoms with Gasteiger partial charge in [-0.2, -0.15) is 0 Å². The average Bonchev–Trinajstić information content (AvgIpc) is 2.50. The number of hydrogen-bond donors (Lipinski definition) is 2. The van der Waals surface area contributed by atoms with Crippen LogP contribution in [0.2, 0.25) is 0 Å². The van der Waals surface area contributed by atoms with Crippen molar-refractivity contribution < 1.29 is 10.2 Å². The van der Waals surface area contributed by atoms with Crippen LogP contribution in [0.4, 0.5) is 0 Å². The average molecular weight is 262 g/mol. The highest BCUT2D eigenvalue weighted by atomic mass is 16.3. The maximum atomic E-state index is 10.1. The summed E-state index contributed by atoms with van der Waals surface area (Å²) >= 11 is 0. The molecule has 2 atom stereocenters. The lowest BCUT2D eigenvalue weighted by molar-refractivity contribution is 0.0471. The fourth-order valence-corrected chi connectivity index (χ4v) is 3.06. The molecule has 0 saturated heterocycles. The largest absolute Gasteiger partial charge is 0.386 e. The second-order valence-electron chi connectivity index (χ2n) is 5.24. The number of hydrogen-bond acceptors (Lipinski definition) is 2. The van der Waals surface area contributed by atoms with Gasteiger partial charge in [-0.05, 0) is 32.7 Å². The van der Waals surface area contributed by atoms with Gasteiger partial charge in [0.15, 0.2) is 0 Å². The lowest BCUT2D eigenvalue weighted by Crippen LogP contribution is -2.19. The van der Waals surface area contributed by atoms with Crippen molar-refractivity contribution >= 4 is 27.6 Å². The van der Waals surface area contributed by atoms with Gasteiger partial charge in [0.1, 0.15) is 12.2 Å². The molecule has 0 saturated carbocycles. The molecule has 0 aromatic heterocycles. The lowest BCUT2D eigenvalue weighted by atomic mass is 9.88. The van der Waals surface area contributed by atoms with Crippen LogP contribution in [0.3, 0.4) is 0 Å². The summed E-state index contributed by atoms with van der Waals surface area (Å²) in [5.74, 6) is 0. The third-order valence-corrected chi connectivity index (χ3v) is 4.10. The molecule has 98 valence electrons. The highest BCUT2D eigenvalue weighted by Crippen LogP contribution is 2.36. The predicted molar refractivity (Wildman–Crippen MR) is 81.5 cm³/mol. The molecule has 0 spiro atoms. The Kier molecular flexibility index (Phi) is 2.43. The Bertz CT molecular complexity index is 849. The van der Waals surface area contributed by atoms with Gasteiger partial charge < -0.3 is 10.2 Å². The zero-order valence-corrected chi connectivity index (χ0v) is 10.8. The van der Waals surface area contributed by atoms with Crippen molar-refractivity contribution in [3.05, 3.63) is 65.7 Å². The first kappa shape index (κ1) is 11.6. The van der Waals surface area contributed by atoms with Gasteiger partial charge >= 0.3 is 0 Å². The molecule has 2 N–H and O–H groups in total. The van der Waals surface area contributed by atoms with E-state index in [0.29, 0.717) is 0 Å². The van der Waals surface area contributed by atoms with Gasteiger partial charge in [0.25, 0.3) is 0 Å². The minimum atomic E-state index is -0.842. The Morgan fingerprint density at radius 1 is 0.750 bits per heavy atom. The third kappa shape index (κ3) is 1.52. The van der Waals surface area contributed by atoms with Crippen LogP contribution in [0, 0.1) is 0 Å². The predicted octanol–water partition coefficient (Wildman–Crippen LogP) is 3.41. The van der Waals surface area contributed by atoms with Crippen molar-refractivity contribution in [3.8, 4) is 0 Å². The van der Waals surface area contributed by atoms with E-state index in [1.165, 1.54) is 16.2 Å². The van der Waals surface area contributed by atoms with Crippen LogP contribution in [0.1, 0.15) is 17.2 Å². The summed E-state index contributed by atoms with van der Waals surface area (Å²) in [5.41, 5.74) is 1.80. The van der Waals surface area contributed by atoms with Crippen LogP contribution in [-0.4, -0.2) is 16.3 Å². The van der Waals surface area contributed by atoms with E-state index in [4.69, 9.17) is 0 Å². The number of aliphatic hydroxyl groups excluding tert-OH is 2. The van der Waals surface area contributed by atoms with Crippen LogP contribution in [-0.2, 0) is 0 Å². The van der Waals surface area contributed by atoms with Crippen molar-refractivity contribution in [1.29, 1.82) is 0 Å². The molecule has 0 bridgehead atoms. The molecule has 0 heterocycles. The molecule has 1 aliphatic rings. The van der Waals surface area contributed by atoms with Gasteiger partial charge in [0, 0.05) is 0 Å². The molecule has 0 aliphatic heterocycles. The van der Waals surface area contributed by atoms with Crippen LogP contribution in [0.15, 0.2) is 54.6 Å². The Hall–Kier alpha value is -2.16. The molecule has 0 amide bonds. The first-order chi connectivity index (χ1) is 9.75. The molecule has 4 rings (SSSR count). The van der Waals surface area contributed by atoms with E-state index < -0.39 is 12.2 Å². The molecule has 0 fully saturated rings. The molecule has 0 radical (unpaired) electrons. The normalized spacial score (nSPS) is 21.3. The van der Waals surface area contributed by atoms with Gasteiger partial charge in [-0.3, -0.25) is 0 Å². The maximum Gasteiger partial charge on any atom is 0.109 e. The zero-order valence-electron chi connectivity index (χ0n) is 10.8. The van der Waals surface area contributed by atoms with Crippen molar-refractivity contribution in [2.75, 3.05) is 0 Å². The first-order valence-electron chi connectivity index (χ1n) is 6.74. The Balaban J connectivity index is 2.12. The van der Waals surface area contributed by atoms with Crippen molar-refractivity contribution in [1.82, 2.24) is 0 Å². The van der Waals surface area contributed by atoms with E-state index in [0.717, 1.165) is 16.5 Å². The van der Waals surface area contributed by atoms with Crippen LogP contribution >= 0.6 is 0 Å². The summed E-state index contributed by atoms with van der Waals surface area (Å²) in [6, 6.07) is 16.4.